The first kappa shape index (κ1) is 12.3. The Morgan fingerprint density at radius 3 is 2.78 bits per heavy atom. The van der Waals surface area contributed by atoms with E-state index in [0.717, 1.165) is 11.3 Å². The number of thiazole rings is 1. The lowest BCUT2D eigenvalue weighted by atomic mass is 10.4. The first-order valence-electron chi connectivity index (χ1n) is 5.07. The van der Waals surface area contributed by atoms with Crippen LogP contribution in [0, 0.1) is 6.92 Å². The molecule has 1 amide bonds. The third-order valence-electron chi connectivity index (χ3n) is 2.34. The molecule has 0 spiro atoms. The highest BCUT2D eigenvalue weighted by molar-refractivity contribution is 7.16. The number of rotatable bonds is 3. The molecule has 0 aliphatic rings. The van der Waals surface area contributed by atoms with Gasteiger partial charge in [-0.3, -0.25) is 14.2 Å². The SMILES string of the molecule is COc1ccn(-c2nc(C)c(C(N)=O)s2)c(=O)c1. The van der Waals surface area contributed by atoms with Gasteiger partial charge >= 0.3 is 0 Å². The molecule has 2 heterocycles. The van der Waals surface area contributed by atoms with Gasteiger partial charge in [0.25, 0.3) is 11.5 Å². The topological polar surface area (TPSA) is 87.2 Å². The van der Waals surface area contributed by atoms with Gasteiger partial charge in [-0.05, 0) is 13.0 Å². The number of primary amides is 1. The molecule has 0 aliphatic carbocycles. The van der Waals surface area contributed by atoms with Crippen molar-refractivity contribution in [2.75, 3.05) is 7.11 Å². The van der Waals surface area contributed by atoms with E-state index in [4.69, 9.17) is 10.5 Å². The molecule has 2 N–H and O–H groups in total. The van der Waals surface area contributed by atoms with Crippen LogP contribution in [0.3, 0.4) is 0 Å². The average Bonchev–Trinajstić information content (AvgIpc) is 2.71. The van der Waals surface area contributed by atoms with Crippen LogP contribution in [0.1, 0.15) is 15.4 Å². The fourth-order valence-corrected chi connectivity index (χ4v) is 2.37. The molecule has 6 nitrogen and oxygen atoms in total. The number of amides is 1. The van der Waals surface area contributed by atoms with Gasteiger partial charge in [0.1, 0.15) is 10.6 Å². The first-order valence-corrected chi connectivity index (χ1v) is 5.89. The highest BCUT2D eigenvalue weighted by Gasteiger charge is 2.14. The molecule has 0 atom stereocenters. The minimum atomic E-state index is -0.544. The van der Waals surface area contributed by atoms with Crippen LogP contribution >= 0.6 is 11.3 Å². The summed E-state index contributed by atoms with van der Waals surface area (Å²) >= 11 is 1.08. The van der Waals surface area contributed by atoms with Crippen LogP contribution in [-0.2, 0) is 0 Å². The van der Waals surface area contributed by atoms with Crippen molar-refractivity contribution in [3.8, 4) is 10.9 Å². The Balaban J connectivity index is 2.52. The molecule has 94 valence electrons. The van der Waals surface area contributed by atoms with E-state index < -0.39 is 5.91 Å². The molecule has 2 aromatic rings. The van der Waals surface area contributed by atoms with E-state index >= 15 is 0 Å². The molecule has 2 rings (SSSR count). The third-order valence-corrected chi connectivity index (χ3v) is 3.51. The minimum absolute atomic E-state index is 0.279. The standard InChI is InChI=1S/C11H11N3O3S/c1-6-9(10(12)16)18-11(13-6)14-4-3-7(17-2)5-8(14)15/h3-5H,1-2H3,(H2,12,16). The molecule has 0 unspecified atom stereocenters. The molecule has 0 radical (unpaired) electrons. The normalized spacial score (nSPS) is 10.3. The minimum Gasteiger partial charge on any atom is -0.497 e. The number of methoxy groups -OCH3 is 1. The summed E-state index contributed by atoms with van der Waals surface area (Å²) in [4.78, 5) is 27.5. The summed E-state index contributed by atoms with van der Waals surface area (Å²) < 4.78 is 6.29. The van der Waals surface area contributed by atoms with Crippen molar-refractivity contribution in [3.05, 3.63) is 39.3 Å². The van der Waals surface area contributed by atoms with Crippen molar-refractivity contribution in [1.29, 1.82) is 0 Å². The van der Waals surface area contributed by atoms with E-state index in [2.05, 4.69) is 4.98 Å². The maximum atomic E-state index is 11.8. The fraction of sp³-hybridized carbons (Fsp3) is 0.182. The van der Waals surface area contributed by atoms with E-state index in [9.17, 15) is 9.59 Å². The monoisotopic (exact) mass is 265 g/mol. The highest BCUT2D eigenvalue weighted by Crippen LogP contribution is 2.20. The van der Waals surface area contributed by atoms with Crippen LogP contribution in [0.5, 0.6) is 5.75 Å². The maximum absolute atomic E-state index is 11.8. The Kier molecular flexibility index (Phi) is 3.15. The van der Waals surface area contributed by atoms with Crippen molar-refractivity contribution < 1.29 is 9.53 Å². The average molecular weight is 265 g/mol. The predicted octanol–water partition coefficient (Wildman–Crippen LogP) is 0.710. The van der Waals surface area contributed by atoms with E-state index in [0.29, 0.717) is 21.5 Å². The van der Waals surface area contributed by atoms with Gasteiger partial charge in [-0.15, -0.1) is 0 Å². The summed E-state index contributed by atoms with van der Waals surface area (Å²) in [7, 11) is 1.48. The van der Waals surface area contributed by atoms with Gasteiger partial charge in [-0.1, -0.05) is 11.3 Å². The van der Waals surface area contributed by atoms with Crippen LogP contribution in [0.15, 0.2) is 23.1 Å². The van der Waals surface area contributed by atoms with Crippen molar-refractivity contribution >= 4 is 17.2 Å². The Bertz CT molecular complexity index is 660. The molecule has 0 saturated carbocycles. The fourth-order valence-electron chi connectivity index (χ4n) is 1.46. The van der Waals surface area contributed by atoms with Crippen molar-refractivity contribution in [2.45, 2.75) is 6.92 Å². The summed E-state index contributed by atoms with van der Waals surface area (Å²) in [6.07, 6.45) is 1.55. The van der Waals surface area contributed by atoms with Gasteiger partial charge in [-0.25, -0.2) is 4.98 Å². The molecular weight excluding hydrogens is 254 g/mol. The highest BCUT2D eigenvalue weighted by atomic mass is 32.1. The maximum Gasteiger partial charge on any atom is 0.260 e. The van der Waals surface area contributed by atoms with Gasteiger partial charge < -0.3 is 10.5 Å². The summed E-state index contributed by atoms with van der Waals surface area (Å²) in [5, 5.41) is 0.411. The van der Waals surface area contributed by atoms with Gasteiger partial charge in [-0.2, -0.15) is 0 Å². The zero-order chi connectivity index (χ0) is 13.3. The second-order valence-electron chi connectivity index (χ2n) is 3.55. The summed E-state index contributed by atoms with van der Waals surface area (Å²) in [6.45, 7) is 1.68. The number of aryl methyl sites for hydroxylation is 1. The van der Waals surface area contributed by atoms with Crippen LogP contribution in [0.25, 0.3) is 5.13 Å². The van der Waals surface area contributed by atoms with Crippen LogP contribution in [0.2, 0.25) is 0 Å². The van der Waals surface area contributed by atoms with Gasteiger partial charge in [0, 0.05) is 12.3 Å². The molecular formula is C11H11N3O3S. The lowest BCUT2D eigenvalue weighted by Gasteiger charge is -2.02. The zero-order valence-electron chi connectivity index (χ0n) is 9.84. The summed E-state index contributed by atoms with van der Waals surface area (Å²) in [6, 6.07) is 2.99. The van der Waals surface area contributed by atoms with Crippen molar-refractivity contribution in [3.63, 3.8) is 0 Å². The molecule has 0 aromatic carbocycles. The zero-order valence-corrected chi connectivity index (χ0v) is 10.7. The lowest BCUT2D eigenvalue weighted by Crippen LogP contribution is -2.16. The number of aromatic nitrogens is 2. The predicted molar refractivity (Wildman–Crippen MR) is 67.5 cm³/mol. The lowest BCUT2D eigenvalue weighted by molar-refractivity contribution is 0.100. The molecule has 0 bridgehead atoms. The Morgan fingerprint density at radius 1 is 1.56 bits per heavy atom. The molecule has 7 heteroatoms. The summed E-state index contributed by atoms with van der Waals surface area (Å²) in [5.74, 6) is -0.0718. The smallest absolute Gasteiger partial charge is 0.260 e. The van der Waals surface area contributed by atoms with E-state index in [-0.39, 0.29) is 5.56 Å². The number of carbonyl (C=O) groups excluding carboxylic acids is 1. The van der Waals surface area contributed by atoms with Gasteiger partial charge in [0.2, 0.25) is 0 Å². The second-order valence-corrected chi connectivity index (χ2v) is 4.53. The third kappa shape index (κ3) is 2.12. The number of nitrogens with two attached hydrogens (primary N) is 1. The molecule has 2 aromatic heterocycles. The number of pyridine rings is 1. The quantitative estimate of drug-likeness (QED) is 0.885. The van der Waals surface area contributed by atoms with E-state index in [1.165, 1.54) is 17.7 Å². The summed E-state index contributed by atoms with van der Waals surface area (Å²) in [5.41, 5.74) is 5.45. The molecule has 0 saturated heterocycles. The number of ether oxygens (including phenoxy) is 1. The van der Waals surface area contributed by atoms with Crippen LogP contribution < -0.4 is 16.0 Å². The van der Waals surface area contributed by atoms with Gasteiger partial charge in [0.05, 0.1) is 12.8 Å². The number of nitrogens with zero attached hydrogens (tertiary/aromatic N) is 2. The van der Waals surface area contributed by atoms with Gasteiger partial charge in [0.15, 0.2) is 5.13 Å². The largest absolute Gasteiger partial charge is 0.497 e. The molecule has 0 aliphatic heterocycles. The van der Waals surface area contributed by atoms with Crippen LogP contribution in [0.4, 0.5) is 0 Å². The number of hydrogen-bond donors (Lipinski definition) is 1. The second kappa shape index (κ2) is 4.61. The molecule has 0 fully saturated rings. The first-order chi connectivity index (χ1) is 8.52. The number of carbonyl (C=O) groups is 1. The van der Waals surface area contributed by atoms with E-state index in [1.54, 1.807) is 19.2 Å². The Morgan fingerprint density at radius 2 is 2.28 bits per heavy atom. The Labute approximate surface area is 107 Å². The van der Waals surface area contributed by atoms with Crippen molar-refractivity contribution in [1.82, 2.24) is 9.55 Å². The van der Waals surface area contributed by atoms with E-state index in [1.807, 2.05) is 0 Å². The van der Waals surface area contributed by atoms with Crippen LogP contribution in [-0.4, -0.2) is 22.6 Å². The van der Waals surface area contributed by atoms with Crippen molar-refractivity contribution in [2.24, 2.45) is 5.73 Å². The molecule has 18 heavy (non-hydrogen) atoms. The number of hydrogen-bond acceptors (Lipinski definition) is 5. The Hall–Kier alpha value is -2.15.